The number of fused-ring (bicyclic) bond motifs is 3. The van der Waals surface area contributed by atoms with E-state index in [0.717, 1.165) is 86.1 Å². The average Bonchev–Trinajstić information content (AvgIpc) is 3.53. The monoisotopic (exact) mass is 776 g/mol. The highest BCUT2D eigenvalue weighted by atomic mass is 16.5. The molecule has 0 saturated heterocycles. The smallest absolute Gasteiger partial charge is 0.291 e. The molecule has 1 aliphatic heterocycles. The Morgan fingerprint density at radius 1 is 0.458 bits per heavy atom. The van der Waals surface area contributed by atoms with E-state index in [1.807, 2.05) is 30.9 Å². The lowest BCUT2D eigenvalue weighted by Gasteiger charge is -2.15. The van der Waals surface area contributed by atoms with Gasteiger partial charge in [0.1, 0.15) is 23.0 Å². The van der Waals surface area contributed by atoms with E-state index in [1.165, 1.54) is 22.3 Å². The van der Waals surface area contributed by atoms with Crippen LogP contribution in [0.4, 0.5) is 0 Å². The van der Waals surface area contributed by atoms with Gasteiger partial charge in [-0.3, -0.25) is 19.9 Å². The fourth-order valence-corrected chi connectivity index (χ4v) is 8.14. The molecule has 3 aromatic heterocycles. The largest absolute Gasteiger partial charge is 0.457 e. The topological polar surface area (TPSA) is 70.0 Å². The van der Waals surface area contributed by atoms with Crippen molar-refractivity contribution in [1.29, 1.82) is 0 Å². The quantitative estimate of drug-likeness (QED) is 0.109. The van der Waals surface area contributed by atoms with Crippen LogP contribution in [0.2, 0.25) is 0 Å². The maximum absolute atomic E-state index is 6.74. The fraction of sp³-hybridized carbons (Fsp3) is 0.269. The summed E-state index contributed by atoms with van der Waals surface area (Å²) in [6.07, 6.45) is 9.48. The van der Waals surface area contributed by atoms with Crippen molar-refractivity contribution in [2.45, 2.75) is 80.1 Å². The van der Waals surface area contributed by atoms with Gasteiger partial charge in [0.15, 0.2) is 0 Å². The summed E-state index contributed by atoms with van der Waals surface area (Å²) >= 11 is 0. The first-order chi connectivity index (χ1) is 28.5. The summed E-state index contributed by atoms with van der Waals surface area (Å²) in [6.45, 7) is 17.6. The molecule has 8 rings (SSSR count). The summed E-state index contributed by atoms with van der Waals surface area (Å²) in [5.41, 5.74) is 14.2. The summed E-state index contributed by atoms with van der Waals surface area (Å²) in [5.74, 6) is 4.85. The van der Waals surface area contributed by atoms with E-state index in [-0.39, 0.29) is 6.71 Å². The Morgan fingerprint density at radius 2 is 0.915 bits per heavy atom. The van der Waals surface area contributed by atoms with Gasteiger partial charge in [-0.05, 0) is 161 Å². The molecule has 0 atom stereocenters. The molecule has 1 aliphatic rings. The van der Waals surface area contributed by atoms with Crippen LogP contribution in [0.5, 0.6) is 23.0 Å². The molecule has 0 bridgehead atoms. The molecule has 0 N–H and O–H groups in total. The van der Waals surface area contributed by atoms with Gasteiger partial charge in [0.2, 0.25) is 0 Å². The van der Waals surface area contributed by atoms with Crippen molar-refractivity contribution in [3.8, 4) is 56.6 Å². The first-order valence-corrected chi connectivity index (χ1v) is 21.1. The zero-order valence-corrected chi connectivity index (χ0v) is 35.5. The van der Waals surface area contributed by atoms with Crippen molar-refractivity contribution in [3.63, 3.8) is 0 Å². The maximum Gasteiger partial charge on any atom is 0.291 e. The fourth-order valence-electron chi connectivity index (χ4n) is 8.14. The Kier molecular flexibility index (Phi) is 11.5. The molecular weight excluding hydrogens is 723 g/mol. The van der Waals surface area contributed by atoms with Gasteiger partial charge in [0.25, 0.3) is 6.71 Å². The summed E-state index contributed by atoms with van der Waals surface area (Å²) < 4.78 is 13.5. The molecule has 59 heavy (non-hydrogen) atoms. The van der Waals surface area contributed by atoms with Crippen LogP contribution in [0.3, 0.4) is 0 Å². The Bertz CT molecular complexity index is 2440. The highest BCUT2D eigenvalue weighted by Crippen LogP contribution is 2.36. The summed E-state index contributed by atoms with van der Waals surface area (Å²) in [4.78, 5) is 19.1. The molecule has 0 amide bonds. The van der Waals surface area contributed by atoms with E-state index in [4.69, 9.17) is 29.4 Å². The molecule has 0 unspecified atom stereocenters. The SMILES string of the molecule is CC(C)Cc1ccnc(-c2cc(Oc3ccc4c(c3)B(c3ncccn3)c3cc(Oc5cc(-c6cc(CC(C)C)ccn6)cc(C(C)C)c5)ccc3-4)cc(C(C)C)c2)c1. The van der Waals surface area contributed by atoms with Gasteiger partial charge in [-0.2, -0.15) is 0 Å². The third kappa shape index (κ3) is 9.00. The van der Waals surface area contributed by atoms with Gasteiger partial charge >= 0.3 is 0 Å². The van der Waals surface area contributed by atoms with E-state index < -0.39 is 0 Å². The molecule has 7 heteroatoms. The average molecular weight is 777 g/mol. The number of hydrogen-bond donors (Lipinski definition) is 0. The number of benzene rings is 4. The minimum absolute atomic E-state index is 0.204. The van der Waals surface area contributed by atoms with E-state index in [2.05, 4.69) is 152 Å². The second kappa shape index (κ2) is 17.0. The second-order valence-electron chi connectivity index (χ2n) is 17.4. The normalized spacial score (nSPS) is 12.1. The molecule has 0 fully saturated rings. The molecule has 6 nitrogen and oxygen atoms in total. The van der Waals surface area contributed by atoms with Gasteiger partial charge in [-0.1, -0.05) is 78.4 Å². The number of nitrogens with zero attached hydrogens (tertiary/aromatic N) is 4. The van der Waals surface area contributed by atoms with Crippen LogP contribution in [0.15, 0.2) is 128 Å². The van der Waals surface area contributed by atoms with Gasteiger partial charge < -0.3 is 9.47 Å². The Labute approximate surface area is 350 Å². The standard InChI is InChI=1S/C52H53BN4O2/c1-32(2)20-36-14-18-54-50(22-36)40-24-38(34(5)6)26-44(28-40)58-42-10-12-46-47-13-11-43(31-49(47)53(48(46)30-42)52-56-16-9-17-57-52)59-45-27-39(35(7)8)25-41(29-45)51-23-37(15-19-55-51)21-33(3)4/h9-19,22-35H,20-21H2,1-8H3. The molecule has 0 aliphatic carbocycles. The van der Waals surface area contributed by atoms with Gasteiger partial charge in [0.05, 0.1) is 17.1 Å². The van der Waals surface area contributed by atoms with Gasteiger partial charge in [-0.15, -0.1) is 0 Å². The van der Waals surface area contributed by atoms with Crippen LogP contribution < -0.4 is 26.1 Å². The van der Waals surface area contributed by atoms with Crippen molar-refractivity contribution in [1.82, 2.24) is 19.9 Å². The van der Waals surface area contributed by atoms with E-state index >= 15 is 0 Å². The lowest BCUT2D eigenvalue weighted by atomic mass is 9.42. The minimum atomic E-state index is -0.204. The van der Waals surface area contributed by atoms with Crippen LogP contribution in [0, 0.1) is 11.8 Å². The Balaban J connectivity index is 1.13. The zero-order valence-electron chi connectivity index (χ0n) is 35.5. The third-order valence-corrected chi connectivity index (χ3v) is 11.0. The van der Waals surface area contributed by atoms with Crippen LogP contribution in [0.1, 0.15) is 89.5 Å². The Hall–Kier alpha value is -6.08. The third-order valence-electron chi connectivity index (χ3n) is 11.0. The maximum atomic E-state index is 6.74. The highest BCUT2D eigenvalue weighted by Gasteiger charge is 2.36. The van der Waals surface area contributed by atoms with Crippen molar-refractivity contribution in [2.75, 3.05) is 0 Å². The summed E-state index contributed by atoms with van der Waals surface area (Å²) in [7, 11) is 0. The molecule has 0 radical (unpaired) electrons. The lowest BCUT2D eigenvalue weighted by molar-refractivity contribution is 0.482. The molecule has 296 valence electrons. The minimum Gasteiger partial charge on any atom is -0.457 e. The van der Waals surface area contributed by atoms with Crippen LogP contribution in [-0.2, 0) is 12.8 Å². The number of rotatable bonds is 13. The molecular formula is C52H53BN4O2. The van der Waals surface area contributed by atoms with Crippen LogP contribution in [-0.4, -0.2) is 26.6 Å². The predicted molar refractivity (Wildman–Crippen MR) is 243 cm³/mol. The first-order valence-electron chi connectivity index (χ1n) is 21.1. The van der Waals surface area contributed by atoms with E-state index in [9.17, 15) is 0 Å². The first kappa shape index (κ1) is 39.7. The molecule has 4 heterocycles. The van der Waals surface area contributed by atoms with E-state index in [1.54, 1.807) is 0 Å². The summed E-state index contributed by atoms with van der Waals surface area (Å²) in [6, 6.07) is 36.2. The predicted octanol–water partition coefficient (Wildman–Crippen LogP) is 11.3. The summed E-state index contributed by atoms with van der Waals surface area (Å²) in [5, 5.41) is 0. The molecule has 0 saturated carbocycles. The number of ether oxygens (including phenoxy) is 2. The zero-order chi connectivity index (χ0) is 41.2. The molecule has 4 aromatic carbocycles. The second-order valence-corrected chi connectivity index (χ2v) is 17.4. The number of aromatic nitrogens is 4. The molecule has 7 aromatic rings. The van der Waals surface area contributed by atoms with Crippen LogP contribution in [0.25, 0.3) is 33.6 Å². The van der Waals surface area contributed by atoms with E-state index in [0.29, 0.717) is 23.7 Å². The number of pyridine rings is 2. The molecule has 0 spiro atoms. The van der Waals surface area contributed by atoms with Crippen molar-refractivity contribution >= 4 is 23.4 Å². The lowest BCUT2D eigenvalue weighted by Crippen LogP contribution is -2.51. The number of hydrogen-bond acceptors (Lipinski definition) is 6. The highest BCUT2D eigenvalue weighted by molar-refractivity contribution is 6.98. The van der Waals surface area contributed by atoms with Crippen LogP contribution >= 0.6 is 0 Å². The Morgan fingerprint density at radius 3 is 1.34 bits per heavy atom. The van der Waals surface area contributed by atoms with Gasteiger partial charge in [0, 0.05) is 35.9 Å². The van der Waals surface area contributed by atoms with Gasteiger partial charge in [-0.25, -0.2) is 0 Å². The van der Waals surface area contributed by atoms with Crippen molar-refractivity contribution < 1.29 is 9.47 Å². The van der Waals surface area contributed by atoms with Crippen molar-refractivity contribution in [3.05, 3.63) is 150 Å². The van der Waals surface area contributed by atoms with Crippen molar-refractivity contribution in [2.24, 2.45) is 11.8 Å².